The number of benzene rings is 2. The number of alkyl halides is 3. The van der Waals surface area contributed by atoms with Crippen molar-refractivity contribution in [3.05, 3.63) is 53.6 Å². The van der Waals surface area contributed by atoms with Crippen LogP contribution < -0.4 is 15.0 Å². The van der Waals surface area contributed by atoms with Crippen LogP contribution in [0.4, 0.5) is 24.5 Å². The fourth-order valence-electron chi connectivity index (χ4n) is 2.67. The lowest BCUT2D eigenvalue weighted by Crippen LogP contribution is -2.32. The summed E-state index contributed by atoms with van der Waals surface area (Å²) in [5.41, 5.74) is 2.02. The van der Waals surface area contributed by atoms with Gasteiger partial charge in [0.2, 0.25) is 0 Å². The Morgan fingerprint density at radius 2 is 1.79 bits per heavy atom. The first-order valence-corrected chi connectivity index (χ1v) is 7.25. The summed E-state index contributed by atoms with van der Waals surface area (Å²) in [6.45, 7) is 0.575. The zero-order valence-electron chi connectivity index (χ0n) is 13.2. The van der Waals surface area contributed by atoms with Gasteiger partial charge in [0.05, 0.1) is 17.8 Å². The molecule has 0 saturated heterocycles. The second kappa shape index (κ2) is 6.81. The predicted molar refractivity (Wildman–Crippen MR) is 91.3 cm³/mol. The molecule has 1 heterocycles. The molecule has 2 aromatic rings. The highest BCUT2D eigenvalue weighted by molar-refractivity contribution is 5.85. The summed E-state index contributed by atoms with van der Waals surface area (Å²) in [6, 6.07) is 10.9. The van der Waals surface area contributed by atoms with E-state index in [4.69, 9.17) is 4.74 Å². The van der Waals surface area contributed by atoms with Gasteiger partial charge < -0.3 is 15.0 Å². The third kappa shape index (κ3) is 3.53. The Bertz CT molecular complexity index is 704. The smallest absolute Gasteiger partial charge is 0.416 e. The van der Waals surface area contributed by atoms with Crippen molar-refractivity contribution in [3.63, 3.8) is 0 Å². The molecule has 0 radical (unpaired) electrons. The van der Waals surface area contributed by atoms with Gasteiger partial charge >= 0.3 is 6.18 Å². The maximum absolute atomic E-state index is 12.6. The Hall–Kier alpha value is -2.08. The van der Waals surface area contributed by atoms with E-state index in [2.05, 4.69) is 5.32 Å². The molecule has 0 aromatic heterocycles. The first kappa shape index (κ1) is 18.3. The molecule has 1 unspecified atom stereocenters. The van der Waals surface area contributed by atoms with E-state index < -0.39 is 11.7 Å². The number of anilines is 2. The lowest BCUT2D eigenvalue weighted by atomic mass is 10.0. The van der Waals surface area contributed by atoms with E-state index in [1.165, 1.54) is 12.1 Å². The van der Waals surface area contributed by atoms with Crippen LogP contribution in [-0.4, -0.2) is 20.6 Å². The average Bonchev–Trinajstić information content (AvgIpc) is 2.54. The molecule has 1 atom stereocenters. The summed E-state index contributed by atoms with van der Waals surface area (Å²) in [7, 11) is 3.79. The molecular weight excluding hydrogens is 341 g/mol. The fourth-order valence-corrected chi connectivity index (χ4v) is 2.67. The van der Waals surface area contributed by atoms with Crippen LogP contribution in [0.3, 0.4) is 0 Å². The zero-order valence-corrected chi connectivity index (χ0v) is 14.0. The normalized spacial score (nSPS) is 16.7. The summed E-state index contributed by atoms with van der Waals surface area (Å²) < 4.78 is 43.9. The second-order valence-corrected chi connectivity index (χ2v) is 5.54. The van der Waals surface area contributed by atoms with Crippen LogP contribution in [0.5, 0.6) is 5.75 Å². The van der Waals surface area contributed by atoms with Crippen molar-refractivity contribution in [2.24, 2.45) is 0 Å². The molecule has 1 N–H and O–H groups in total. The topological polar surface area (TPSA) is 24.5 Å². The van der Waals surface area contributed by atoms with Gasteiger partial charge in [-0.05, 0) is 35.9 Å². The van der Waals surface area contributed by atoms with Gasteiger partial charge in [0.15, 0.2) is 0 Å². The first-order chi connectivity index (χ1) is 10.9. The Kier molecular flexibility index (Phi) is 5.18. The van der Waals surface area contributed by atoms with E-state index in [-0.39, 0.29) is 18.5 Å². The highest BCUT2D eigenvalue weighted by Crippen LogP contribution is 2.39. The van der Waals surface area contributed by atoms with Crippen LogP contribution >= 0.6 is 12.4 Å². The van der Waals surface area contributed by atoms with Crippen LogP contribution in [0, 0.1) is 0 Å². The summed E-state index contributed by atoms with van der Waals surface area (Å²) in [6.07, 6.45) is -4.62. The van der Waals surface area contributed by atoms with E-state index in [0.29, 0.717) is 6.54 Å². The molecule has 24 heavy (non-hydrogen) atoms. The van der Waals surface area contributed by atoms with Crippen molar-refractivity contribution in [1.82, 2.24) is 0 Å². The molecule has 3 rings (SSSR count). The summed E-state index contributed by atoms with van der Waals surface area (Å²) in [5.74, 6) is 0.725. The Morgan fingerprint density at radius 1 is 1.12 bits per heavy atom. The molecule has 0 fully saturated rings. The van der Waals surface area contributed by atoms with Gasteiger partial charge in [-0.3, -0.25) is 0 Å². The predicted octanol–water partition coefficient (Wildman–Crippen LogP) is 4.74. The van der Waals surface area contributed by atoms with Crippen molar-refractivity contribution in [1.29, 1.82) is 0 Å². The molecule has 0 amide bonds. The molecule has 1 aliphatic rings. The number of nitrogens with one attached hydrogen (secondary N) is 1. The highest BCUT2D eigenvalue weighted by atomic mass is 35.5. The van der Waals surface area contributed by atoms with Crippen molar-refractivity contribution >= 4 is 23.8 Å². The van der Waals surface area contributed by atoms with Gasteiger partial charge in [-0.25, -0.2) is 0 Å². The van der Waals surface area contributed by atoms with Gasteiger partial charge in [0, 0.05) is 19.8 Å². The molecule has 0 spiro atoms. The van der Waals surface area contributed by atoms with Crippen LogP contribution in [0.15, 0.2) is 42.5 Å². The molecule has 130 valence electrons. The number of rotatable bonds is 2. The van der Waals surface area contributed by atoms with Crippen LogP contribution in [0.2, 0.25) is 0 Å². The molecule has 1 aliphatic heterocycles. The Labute approximate surface area is 144 Å². The third-order valence-electron chi connectivity index (χ3n) is 3.98. The van der Waals surface area contributed by atoms with Crippen molar-refractivity contribution in [2.45, 2.75) is 12.3 Å². The van der Waals surface area contributed by atoms with Crippen LogP contribution in [-0.2, 0) is 6.18 Å². The van der Waals surface area contributed by atoms with Gasteiger partial charge in [0.25, 0.3) is 0 Å². The minimum atomic E-state index is -4.32. The maximum atomic E-state index is 12.6. The molecule has 0 aliphatic carbocycles. The number of halogens is 4. The maximum Gasteiger partial charge on any atom is 0.416 e. The number of fused-ring (bicyclic) bond motifs is 1. The third-order valence-corrected chi connectivity index (χ3v) is 3.98. The van der Waals surface area contributed by atoms with E-state index in [1.54, 1.807) is 0 Å². The minimum Gasteiger partial charge on any atom is -0.482 e. The minimum absolute atomic E-state index is 0. The van der Waals surface area contributed by atoms with Gasteiger partial charge in [-0.2, -0.15) is 13.2 Å². The number of hydrogen-bond acceptors (Lipinski definition) is 3. The first-order valence-electron chi connectivity index (χ1n) is 7.25. The van der Waals surface area contributed by atoms with Crippen molar-refractivity contribution < 1.29 is 17.9 Å². The largest absolute Gasteiger partial charge is 0.482 e. The summed E-state index contributed by atoms with van der Waals surface area (Å²) in [5, 5.41) is 3.07. The molecule has 3 nitrogen and oxygen atoms in total. The van der Waals surface area contributed by atoms with E-state index >= 15 is 0 Å². The standard InChI is InChI=1S/C17H17F3N2O.ClH/c1-21-13-7-8-15-14(9-13)22(2)10-16(23-15)11-3-5-12(6-4-11)17(18,19)20;/h3-9,16,21H,10H2,1-2H3;1H. The lowest BCUT2D eigenvalue weighted by Gasteiger charge is -2.34. The fraction of sp³-hybridized carbons (Fsp3) is 0.294. The quantitative estimate of drug-likeness (QED) is 0.839. The average molecular weight is 359 g/mol. The van der Waals surface area contributed by atoms with E-state index in [9.17, 15) is 13.2 Å². The van der Waals surface area contributed by atoms with Crippen LogP contribution in [0.25, 0.3) is 0 Å². The Morgan fingerprint density at radius 3 is 2.38 bits per heavy atom. The van der Waals surface area contributed by atoms with Crippen LogP contribution in [0.1, 0.15) is 17.2 Å². The number of nitrogens with zero attached hydrogens (tertiary/aromatic N) is 1. The molecular formula is C17H18ClF3N2O. The molecule has 2 aromatic carbocycles. The summed E-state index contributed by atoms with van der Waals surface area (Å²) >= 11 is 0. The monoisotopic (exact) mass is 358 g/mol. The summed E-state index contributed by atoms with van der Waals surface area (Å²) in [4.78, 5) is 2.04. The number of likely N-dealkylation sites (N-methyl/N-ethyl adjacent to an activating group) is 1. The van der Waals surface area contributed by atoms with E-state index in [0.717, 1.165) is 34.8 Å². The van der Waals surface area contributed by atoms with Gasteiger partial charge in [-0.1, -0.05) is 12.1 Å². The zero-order chi connectivity index (χ0) is 16.6. The number of ether oxygens (including phenoxy) is 1. The van der Waals surface area contributed by atoms with Crippen molar-refractivity contribution in [3.8, 4) is 5.75 Å². The molecule has 0 saturated carbocycles. The Balaban J connectivity index is 0.00000208. The van der Waals surface area contributed by atoms with Gasteiger partial charge in [0.1, 0.15) is 11.9 Å². The lowest BCUT2D eigenvalue weighted by molar-refractivity contribution is -0.137. The second-order valence-electron chi connectivity index (χ2n) is 5.54. The van der Waals surface area contributed by atoms with Gasteiger partial charge in [-0.15, -0.1) is 12.4 Å². The molecule has 7 heteroatoms. The highest BCUT2D eigenvalue weighted by Gasteiger charge is 2.31. The van der Waals surface area contributed by atoms with E-state index in [1.807, 2.05) is 37.2 Å². The number of hydrogen-bond donors (Lipinski definition) is 1. The molecule has 0 bridgehead atoms. The SMILES string of the molecule is CNc1ccc2c(c1)N(C)CC(c1ccc(C(F)(F)F)cc1)O2.Cl. The van der Waals surface area contributed by atoms with Crippen molar-refractivity contribution in [2.75, 3.05) is 30.9 Å².